The fourth-order valence-electron chi connectivity index (χ4n) is 2.05. The fraction of sp³-hybridized carbons (Fsp3) is 0.188. The number of hydrogen-bond donors (Lipinski definition) is 0. The molecule has 0 heterocycles. The van der Waals surface area contributed by atoms with Crippen molar-refractivity contribution in [3.05, 3.63) is 58.1 Å². The van der Waals surface area contributed by atoms with Crippen LogP contribution >= 0.6 is 11.6 Å². The molecule has 0 saturated heterocycles. The molecule has 2 rings (SSSR count). The second-order valence-corrected chi connectivity index (χ2v) is 4.68. The third-order valence-electron chi connectivity index (χ3n) is 3.12. The Morgan fingerprint density at radius 3 is 2.30 bits per heavy atom. The first-order valence-electron chi connectivity index (χ1n) is 6.11. The largest absolute Gasteiger partial charge is 0.495 e. The molecular formula is C16H15ClO3. The van der Waals surface area contributed by atoms with Gasteiger partial charge in [-0.15, -0.1) is 0 Å². The van der Waals surface area contributed by atoms with Gasteiger partial charge in [0.2, 0.25) is 0 Å². The number of hydrogen-bond acceptors (Lipinski definition) is 3. The first-order valence-corrected chi connectivity index (χ1v) is 6.48. The van der Waals surface area contributed by atoms with E-state index in [1.54, 1.807) is 18.2 Å². The molecular weight excluding hydrogens is 276 g/mol. The zero-order valence-electron chi connectivity index (χ0n) is 11.6. The maximum absolute atomic E-state index is 12.6. The Morgan fingerprint density at radius 2 is 1.70 bits per heavy atom. The quantitative estimate of drug-likeness (QED) is 0.801. The number of methoxy groups -OCH3 is 2. The summed E-state index contributed by atoms with van der Waals surface area (Å²) in [6, 6.07) is 10.7. The van der Waals surface area contributed by atoms with Crippen molar-refractivity contribution in [3.8, 4) is 11.5 Å². The van der Waals surface area contributed by atoms with Crippen molar-refractivity contribution in [2.75, 3.05) is 14.2 Å². The van der Waals surface area contributed by atoms with Crippen molar-refractivity contribution < 1.29 is 14.3 Å². The van der Waals surface area contributed by atoms with Crippen LogP contribution < -0.4 is 9.47 Å². The number of aryl methyl sites for hydroxylation is 1. The fourth-order valence-corrected chi connectivity index (χ4v) is 2.37. The van der Waals surface area contributed by atoms with Gasteiger partial charge in [0.25, 0.3) is 0 Å². The summed E-state index contributed by atoms with van der Waals surface area (Å²) < 4.78 is 10.4. The SMILES string of the molecule is COc1ccc(C(=O)c2ccccc2C)c(OC)c1Cl. The van der Waals surface area contributed by atoms with E-state index in [0.717, 1.165) is 5.56 Å². The van der Waals surface area contributed by atoms with Crippen LogP contribution in [-0.2, 0) is 0 Å². The van der Waals surface area contributed by atoms with Crippen molar-refractivity contribution in [2.24, 2.45) is 0 Å². The van der Waals surface area contributed by atoms with Crippen molar-refractivity contribution in [3.63, 3.8) is 0 Å². The Bertz CT molecular complexity index is 650. The number of ketones is 1. The first-order chi connectivity index (χ1) is 9.60. The van der Waals surface area contributed by atoms with Crippen molar-refractivity contribution >= 4 is 17.4 Å². The molecule has 0 amide bonds. The molecule has 2 aromatic rings. The summed E-state index contributed by atoms with van der Waals surface area (Å²) >= 11 is 6.18. The summed E-state index contributed by atoms with van der Waals surface area (Å²) in [6.45, 7) is 1.89. The van der Waals surface area contributed by atoms with Crippen LogP contribution in [0.4, 0.5) is 0 Å². The van der Waals surface area contributed by atoms with Crippen molar-refractivity contribution in [2.45, 2.75) is 6.92 Å². The molecule has 0 saturated carbocycles. The maximum atomic E-state index is 12.6. The molecule has 0 fully saturated rings. The normalized spacial score (nSPS) is 10.2. The lowest BCUT2D eigenvalue weighted by atomic mass is 9.98. The number of ether oxygens (including phenoxy) is 2. The summed E-state index contributed by atoms with van der Waals surface area (Å²) in [4.78, 5) is 12.6. The predicted octanol–water partition coefficient (Wildman–Crippen LogP) is 3.90. The van der Waals surface area contributed by atoms with E-state index in [1.165, 1.54) is 14.2 Å². The number of benzene rings is 2. The molecule has 0 aliphatic rings. The van der Waals surface area contributed by atoms with Crippen LogP contribution in [0.5, 0.6) is 11.5 Å². The van der Waals surface area contributed by atoms with Crippen LogP contribution in [0.3, 0.4) is 0 Å². The van der Waals surface area contributed by atoms with Gasteiger partial charge in [-0.1, -0.05) is 35.9 Å². The van der Waals surface area contributed by atoms with Crippen molar-refractivity contribution in [1.29, 1.82) is 0 Å². The van der Waals surface area contributed by atoms with Gasteiger partial charge in [-0.25, -0.2) is 0 Å². The smallest absolute Gasteiger partial charge is 0.197 e. The molecule has 0 N–H and O–H groups in total. The highest BCUT2D eigenvalue weighted by molar-refractivity contribution is 6.34. The topological polar surface area (TPSA) is 35.5 Å². The highest BCUT2D eigenvalue weighted by Gasteiger charge is 2.20. The van der Waals surface area contributed by atoms with Gasteiger partial charge in [-0.3, -0.25) is 4.79 Å². The van der Waals surface area contributed by atoms with Crippen LogP contribution in [0.15, 0.2) is 36.4 Å². The van der Waals surface area contributed by atoms with E-state index >= 15 is 0 Å². The number of carbonyl (C=O) groups is 1. The average molecular weight is 291 g/mol. The molecule has 0 spiro atoms. The first kappa shape index (κ1) is 14.4. The van der Waals surface area contributed by atoms with Gasteiger partial charge in [0.05, 0.1) is 19.8 Å². The molecule has 0 radical (unpaired) electrons. The van der Waals surface area contributed by atoms with E-state index in [1.807, 2.05) is 25.1 Å². The average Bonchev–Trinajstić information content (AvgIpc) is 2.46. The minimum atomic E-state index is -0.121. The van der Waals surface area contributed by atoms with E-state index < -0.39 is 0 Å². The Kier molecular flexibility index (Phi) is 4.30. The van der Waals surface area contributed by atoms with Crippen LogP contribution in [0.2, 0.25) is 5.02 Å². The lowest BCUT2D eigenvalue weighted by Crippen LogP contribution is -2.06. The zero-order chi connectivity index (χ0) is 14.7. The molecule has 3 nitrogen and oxygen atoms in total. The molecule has 0 atom stereocenters. The molecule has 20 heavy (non-hydrogen) atoms. The summed E-state index contributed by atoms with van der Waals surface area (Å²) in [6.07, 6.45) is 0. The van der Waals surface area contributed by atoms with E-state index in [0.29, 0.717) is 27.6 Å². The summed E-state index contributed by atoms with van der Waals surface area (Å²) in [7, 11) is 3.00. The molecule has 4 heteroatoms. The highest BCUT2D eigenvalue weighted by Crippen LogP contribution is 2.37. The summed E-state index contributed by atoms with van der Waals surface area (Å²) in [5, 5.41) is 0.300. The number of carbonyl (C=O) groups excluding carboxylic acids is 1. The van der Waals surface area contributed by atoms with Crippen molar-refractivity contribution in [1.82, 2.24) is 0 Å². The van der Waals surface area contributed by atoms with Crippen LogP contribution in [0.1, 0.15) is 21.5 Å². The second kappa shape index (κ2) is 5.97. The van der Waals surface area contributed by atoms with Gasteiger partial charge in [-0.05, 0) is 24.6 Å². The van der Waals surface area contributed by atoms with Gasteiger partial charge >= 0.3 is 0 Å². The van der Waals surface area contributed by atoms with Gasteiger partial charge in [-0.2, -0.15) is 0 Å². The molecule has 0 aliphatic heterocycles. The van der Waals surface area contributed by atoms with Crippen LogP contribution in [0, 0.1) is 6.92 Å². The van der Waals surface area contributed by atoms with E-state index in [2.05, 4.69) is 0 Å². The Balaban J connectivity index is 2.56. The summed E-state index contributed by atoms with van der Waals surface area (Å²) in [5.41, 5.74) is 1.96. The minimum Gasteiger partial charge on any atom is -0.495 e. The highest BCUT2D eigenvalue weighted by atomic mass is 35.5. The van der Waals surface area contributed by atoms with E-state index in [4.69, 9.17) is 21.1 Å². The summed E-state index contributed by atoms with van der Waals surface area (Å²) in [5.74, 6) is 0.689. The molecule has 0 unspecified atom stereocenters. The number of halogens is 1. The Morgan fingerprint density at radius 1 is 1.00 bits per heavy atom. The Labute approximate surface area is 123 Å². The third kappa shape index (κ3) is 2.49. The van der Waals surface area contributed by atoms with Gasteiger partial charge in [0, 0.05) is 5.56 Å². The monoisotopic (exact) mass is 290 g/mol. The molecule has 0 aliphatic carbocycles. The van der Waals surface area contributed by atoms with Gasteiger partial charge in [0.15, 0.2) is 11.5 Å². The molecule has 2 aromatic carbocycles. The van der Waals surface area contributed by atoms with E-state index in [9.17, 15) is 4.79 Å². The zero-order valence-corrected chi connectivity index (χ0v) is 12.3. The standard InChI is InChI=1S/C16H15ClO3/c1-10-6-4-5-7-11(10)15(18)12-8-9-13(19-2)14(17)16(12)20-3/h4-9H,1-3H3. The maximum Gasteiger partial charge on any atom is 0.197 e. The molecule has 0 bridgehead atoms. The van der Waals surface area contributed by atoms with Crippen LogP contribution in [-0.4, -0.2) is 20.0 Å². The lowest BCUT2D eigenvalue weighted by molar-refractivity contribution is 0.103. The molecule has 104 valence electrons. The lowest BCUT2D eigenvalue weighted by Gasteiger charge is -2.13. The van der Waals surface area contributed by atoms with Gasteiger partial charge in [0.1, 0.15) is 10.8 Å². The van der Waals surface area contributed by atoms with Crippen LogP contribution in [0.25, 0.3) is 0 Å². The van der Waals surface area contributed by atoms with E-state index in [-0.39, 0.29) is 5.78 Å². The number of rotatable bonds is 4. The Hall–Kier alpha value is -2.00. The third-order valence-corrected chi connectivity index (χ3v) is 3.48. The predicted molar refractivity (Wildman–Crippen MR) is 79.2 cm³/mol. The second-order valence-electron chi connectivity index (χ2n) is 4.31. The minimum absolute atomic E-state index is 0.121. The molecule has 0 aromatic heterocycles. The van der Waals surface area contributed by atoms with Gasteiger partial charge < -0.3 is 9.47 Å².